The van der Waals surface area contributed by atoms with E-state index in [1.165, 1.54) is 25.7 Å². The fourth-order valence-electron chi connectivity index (χ4n) is 1.02. The highest BCUT2D eigenvalue weighted by Gasteiger charge is 2.15. The van der Waals surface area contributed by atoms with Crippen LogP contribution in [-0.2, 0) is 4.74 Å². The molecule has 0 amide bonds. The van der Waals surface area contributed by atoms with E-state index in [1.807, 2.05) is 0 Å². The van der Waals surface area contributed by atoms with Crippen molar-refractivity contribution < 1.29 is 4.74 Å². The zero-order chi connectivity index (χ0) is 10.2. The normalized spacial score (nSPS) is 12.0. The van der Waals surface area contributed by atoms with Crippen LogP contribution in [0.1, 0.15) is 46.5 Å². The molecular formula is C11H23BrO. The first-order chi connectivity index (χ1) is 6.12. The molecule has 0 saturated heterocycles. The third-order valence-electron chi connectivity index (χ3n) is 2.00. The molecule has 80 valence electrons. The number of ether oxygens (including phenoxy) is 1. The fourth-order valence-corrected chi connectivity index (χ4v) is 1.18. The van der Waals surface area contributed by atoms with Gasteiger partial charge < -0.3 is 4.74 Å². The summed E-state index contributed by atoms with van der Waals surface area (Å²) in [6, 6.07) is 0. The van der Waals surface area contributed by atoms with Gasteiger partial charge in [-0.15, -0.1) is 0 Å². The standard InChI is InChI=1S/C11H23BrO/c1-4-5-6-7-8-13-10-11(2,3)9-12/h4-10H2,1-3H3. The molecule has 0 radical (unpaired) electrons. The lowest BCUT2D eigenvalue weighted by molar-refractivity contribution is 0.0713. The summed E-state index contributed by atoms with van der Waals surface area (Å²) in [7, 11) is 0. The van der Waals surface area contributed by atoms with E-state index in [2.05, 4.69) is 36.7 Å². The number of hydrogen-bond acceptors (Lipinski definition) is 1. The highest BCUT2D eigenvalue weighted by Crippen LogP contribution is 2.18. The monoisotopic (exact) mass is 250 g/mol. The summed E-state index contributed by atoms with van der Waals surface area (Å²) in [5.41, 5.74) is 0.282. The first-order valence-corrected chi connectivity index (χ1v) is 6.38. The highest BCUT2D eigenvalue weighted by molar-refractivity contribution is 9.09. The molecule has 1 nitrogen and oxygen atoms in total. The molecule has 0 heterocycles. The highest BCUT2D eigenvalue weighted by atomic mass is 79.9. The van der Waals surface area contributed by atoms with Crippen molar-refractivity contribution in [2.45, 2.75) is 46.5 Å². The SMILES string of the molecule is CCCCCCOCC(C)(C)CBr. The molecule has 2 heteroatoms. The van der Waals surface area contributed by atoms with Gasteiger partial charge in [-0.1, -0.05) is 56.0 Å². The van der Waals surface area contributed by atoms with E-state index in [4.69, 9.17) is 4.74 Å². The van der Waals surface area contributed by atoms with E-state index >= 15 is 0 Å². The largest absolute Gasteiger partial charge is 0.381 e. The lowest BCUT2D eigenvalue weighted by atomic mass is 9.98. The Balaban J connectivity index is 3.16. The Morgan fingerprint density at radius 2 is 1.85 bits per heavy atom. The van der Waals surface area contributed by atoms with Crippen LogP contribution in [-0.4, -0.2) is 18.5 Å². The van der Waals surface area contributed by atoms with Crippen molar-refractivity contribution in [2.24, 2.45) is 5.41 Å². The summed E-state index contributed by atoms with van der Waals surface area (Å²) in [6.45, 7) is 8.46. The molecule has 0 spiro atoms. The summed E-state index contributed by atoms with van der Waals surface area (Å²) < 4.78 is 5.61. The predicted octanol–water partition coefficient (Wildman–Crippen LogP) is 4.00. The van der Waals surface area contributed by atoms with Gasteiger partial charge in [0.2, 0.25) is 0 Å². The molecule has 0 N–H and O–H groups in total. The van der Waals surface area contributed by atoms with E-state index < -0.39 is 0 Å². The van der Waals surface area contributed by atoms with Gasteiger partial charge in [0.15, 0.2) is 0 Å². The van der Waals surface area contributed by atoms with Crippen molar-refractivity contribution >= 4 is 15.9 Å². The third kappa shape index (κ3) is 8.76. The summed E-state index contributed by atoms with van der Waals surface area (Å²) in [5, 5.41) is 1.01. The zero-order valence-corrected chi connectivity index (χ0v) is 10.8. The Morgan fingerprint density at radius 1 is 1.15 bits per heavy atom. The molecule has 0 unspecified atom stereocenters. The molecule has 0 aromatic rings. The Bertz CT molecular complexity index is 113. The maximum atomic E-state index is 5.61. The molecule has 0 fully saturated rings. The summed E-state index contributed by atoms with van der Waals surface area (Å²) in [6.07, 6.45) is 5.16. The van der Waals surface area contributed by atoms with Gasteiger partial charge in [-0.25, -0.2) is 0 Å². The maximum absolute atomic E-state index is 5.61. The van der Waals surface area contributed by atoms with Gasteiger partial charge in [0.25, 0.3) is 0 Å². The number of hydrogen-bond donors (Lipinski definition) is 0. The lowest BCUT2D eigenvalue weighted by Gasteiger charge is -2.21. The van der Waals surface area contributed by atoms with Crippen molar-refractivity contribution in [1.82, 2.24) is 0 Å². The van der Waals surface area contributed by atoms with Crippen LogP contribution in [0.5, 0.6) is 0 Å². The minimum atomic E-state index is 0.282. The van der Waals surface area contributed by atoms with Gasteiger partial charge in [-0.3, -0.25) is 0 Å². The van der Waals surface area contributed by atoms with Crippen molar-refractivity contribution in [3.05, 3.63) is 0 Å². The van der Waals surface area contributed by atoms with Gasteiger partial charge in [-0.2, -0.15) is 0 Å². The number of unbranched alkanes of at least 4 members (excludes halogenated alkanes) is 3. The smallest absolute Gasteiger partial charge is 0.0525 e. The second-order valence-corrected chi connectivity index (χ2v) is 4.97. The molecule has 0 aliphatic heterocycles. The van der Waals surface area contributed by atoms with Gasteiger partial charge in [0.1, 0.15) is 0 Å². The van der Waals surface area contributed by atoms with E-state index in [1.54, 1.807) is 0 Å². The Labute approximate surface area is 91.4 Å². The number of alkyl halides is 1. The van der Waals surface area contributed by atoms with Crippen LogP contribution in [0, 0.1) is 5.41 Å². The number of halogens is 1. The van der Waals surface area contributed by atoms with Gasteiger partial charge in [0, 0.05) is 11.9 Å². The molecular weight excluding hydrogens is 228 g/mol. The van der Waals surface area contributed by atoms with E-state index in [-0.39, 0.29) is 5.41 Å². The van der Waals surface area contributed by atoms with Crippen LogP contribution >= 0.6 is 15.9 Å². The molecule has 0 aliphatic rings. The summed E-state index contributed by atoms with van der Waals surface area (Å²) in [5.74, 6) is 0. The van der Waals surface area contributed by atoms with Crippen LogP contribution in [0.25, 0.3) is 0 Å². The molecule has 0 atom stereocenters. The van der Waals surface area contributed by atoms with E-state index in [0.29, 0.717) is 0 Å². The van der Waals surface area contributed by atoms with Crippen LogP contribution in [0.4, 0.5) is 0 Å². The average Bonchev–Trinajstić information content (AvgIpc) is 2.11. The topological polar surface area (TPSA) is 9.23 Å². The Morgan fingerprint density at radius 3 is 2.38 bits per heavy atom. The molecule has 0 aliphatic carbocycles. The number of rotatable bonds is 8. The van der Waals surface area contributed by atoms with Crippen LogP contribution in [0.2, 0.25) is 0 Å². The van der Waals surface area contributed by atoms with Gasteiger partial charge >= 0.3 is 0 Å². The van der Waals surface area contributed by atoms with Crippen LogP contribution < -0.4 is 0 Å². The average molecular weight is 251 g/mol. The maximum Gasteiger partial charge on any atom is 0.0525 e. The summed E-state index contributed by atoms with van der Waals surface area (Å²) >= 11 is 3.48. The minimum absolute atomic E-state index is 0.282. The van der Waals surface area contributed by atoms with Gasteiger partial charge in [-0.05, 0) is 11.8 Å². The Hall–Kier alpha value is 0.440. The first kappa shape index (κ1) is 13.4. The lowest BCUT2D eigenvalue weighted by Crippen LogP contribution is -2.21. The molecule has 0 aromatic carbocycles. The molecule has 0 bridgehead atoms. The predicted molar refractivity (Wildman–Crippen MR) is 62.5 cm³/mol. The third-order valence-corrected chi connectivity index (χ3v) is 3.51. The van der Waals surface area contributed by atoms with Crippen molar-refractivity contribution in [2.75, 3.05) is 18.5 Å². The summed E-state index contributed by atoms with van der Waals surface area (Å²) in [4.78, 5) is 0. The molecule has 0 rings (SSSR count). The minimum Gasteiger partial charge on any atom is -0.381 e. The van der Waals surface area contributed by atoms with Crippen molar-refractivity contribution in [1.29, 1.82) is 0 Å². The molecule has 13 heavy (non-hydrogen) atoms. The first-order valence-electron chi connectivity index (χ1n) is 5.26. The Kier molecular flexibility index (Phi) is 8.07. The van der Waals surface area contributed by atoms with Crippen molar-refractivity contribution in [3.8, 4) is 0 Å². The van der Waals surface area contributed by atoms with E-state index in [0.717, 1.165) is 18.5 Å². The van der Waals surface area contributed by atoms with Crippen LogP contribution in [0.15, 0.2) is 0 Å². The zero-order valence-electron chi connectivity index (χ0n) is 9.24. The second kappa shape index (κ2) is 7.81. The fraction of sp³-hybridized carbons (Fsp3) is 1.00. The molecule has 0 saturated carbocycles. The second-order valence-electron chi connectivity index (χ2n) is 4.41. The molecule has 0 aromatic heterocycles. The van der Waals surface area contributed by atoms with E-state index in [9.17, 15) is 0 Å². The van der Waals surface area contributed by atoms with Crippen LogP contribution in [0.3, 0.4) is 0 Å². The van der Waals surface area contributed by atoms with Gasteiger partial charge in [0.05, 0.1) is 6.61 Å². The quantitative estimate of drug-likeness (QED) is 0.468. The van der Waals surface area contributed by atoms with Crippen molar-refractivity contribution in [3.63, 3.8) is 0 Å².